The summed E-state index contributed by atoms with van der Waals surface area (Å²) in [6.07, 6.45) is 9.25. The van der Waals surface area contributed by atoms with E-state index in [2.05, 4.69) is 78.2 Å². The van der Waals surface area contributed by atoms with Gasteiger partial charge < -0.3 is 25.0 Å². The van der Waals surface area contributed by atoms with Crippen LogP contribution in [-0.2, 0) is 10.2 Å². The van der Waals surface area contributed by atoms with Crippen molar-refractivity contribution in [3.05, 3.63) is 65.2 Å². The van der Waals surface area contributed by atoms with Crippen LogP contribution in [0.15, 0.2) is 42.7 Å². The molecule has 0 unspecified atom stereocenters. The molecule has 2 N–H and O–H groups in total. The third-order valence-electron chi connectivity index (χ3n) is 13.0. The average molecular weight is 763 g/mol. The van der Waals surface area contributed by atoms with Crippen LogP contribution in [0, 0.1) is 12.7 Å². The number of rotatable bonds is 8. The third-order valence-corrected chi connectivity index (χ3v) is 13.0. The summed E-state index contributed by atoms with van der Waals surface area (Å²) in [6, 6.07) is 12.1. The lowest BCUT2D eigenvalue weighted by molar-refractivity contribution is -0.126. The van der Waals surface area contributed by atoms with Crippen LogP contribution in [0.3, 0.4) is 0 Å². The molecule has 0 radical (unpaired) electrons. The topological polar surface area (TPSA) is 98.6 Å². The second-order valence-corrected chi connectivity index (χ2v) is 18.4. The molecule has 4 aliphatic rings. The van der Waals surface area contributed by atoms with Crippen molar-refractivity contribution in [2.24, 2.45) is 0 Å². The highest BCUT2D eigenvalue weighted by molar-refractivity contribution is 6.09. The second-order valence-electron chi connectivity index (χ2n) is 18.4. The number of piperidine rings is 2. The molecule has 2 amide bonds. The summed E-state index contributed by atoms with van der Waals surface area (Å²) in [5, 5.41) is 6.22. The minimum Gasteiger partial charge on any atom is -0.350 e. The molecule has 8 rings (SSSR count). The number of hydrogen-bond acceptors (Lipinski definition) is 7. The Kier molecular flexibility index (Phi) is 10.0. The lowest BCUT2D eigenvalue weighted by Crippen LogP contribution is -2.59. The lowest BCUT2D eigenvalue weighted by Gasteiger charge is -2.48. The lowest BCUT2D eigenvalue weighted by atomic mass is 9.72. The van der Waals surface area contributed by atoms with E-state index >= 15 is 4.39 Å². The zero-order valence-electron chi connectivity index (χ0n) is 34.5. The van der Waals surface area contributed by atoms with E-state index in [-0.39, 0.29) is 41.2 Å². The van der Waals surface area contributed by atoms with E-state index in [0.29, 0.717) is 28.7 Å². The standard InChI is InChI=1S/C45H59FN8O2/c1-27(2)48-42(55)33-24-37(35(46)20-29(33)5)50-41-40-38(47-26-53(40)28(3)4)25-36(49-41)30-12-13-34-39(21-30)54(32-22-31(23-32)51-16-10-9-11-17-51)43(56)45(34)14-18-52(19-15-45)44(6,7)8/h12-13,20-21,24-28,31-32H,9-11,14-19,22-23H2,1-8H3,(H,48,55)(H,49,50)/t31-,32+. The number of carbonyl (C=O) groups is 2. The predicted molar refractivity (Wildman–Crippen MR) is 222 cm³/mol. The molecule has 0 bridgehead atoms. The summed E-state index contributed by atoms with van der Waals surface area (Å²) in [5.41, 5.74) is 5.80. The van der Waals surface area contributed by atoms with Crippen molar-refractivity contribution in [1.29, 1.82) is 0 Å². The van der Waals surface area contributed by atoms with Gasteiger partial charge in [-0.2, -0.15) is 0 Å². The van der Waals surface area contributed by atoms with Gasteiger partial charge in [0.2, 0.25) is 5.91 Å². The van der Waals surface area contributed by atoms with Crippen LogP contribution in [0.5, 0.6) is 0 Å². The third kappa shape index (κ3) is 6.78. The largest absolute Gasteiger partial charge is 0.350 e. The number of nitrogens with one attached hydrogen (secondary N) is 2. The Morgan fingerprint density at radius 1 is 0.946 bits per heavy atom. The second kappa shape index (κ2) is 14.5. The molecule has 10 nitrogen and oxygen atoms in total. The predicted octanol–water partition coefficient (Wildman–Crippen LogP) is 8.50. The Morgan fingerprint density at radius 3 is 2.32 bits per heavy atom. The SMILES string of the molecule is Cc1cc(F)c(Nc2nc(-c3ccc4c(c3)N([C@H]3C[C@@H](N5CCCCC5)C3)C(=O)C43CCN(C(C)(C)C)CC3)cc3ncn(C(C)C)c23)cc1C(=O)NC(C)C. The first-order chi connectivity index (χ1) is 26.6. The molecule has 1 spiro atoms. The van der Waals surface area contributed by atoms with Crippen LogP contribution in [0.25, 0.3) is 22.3 Å². The molecular weight excluding hydrogens is 704 g/mol. The van der Waals surface area contributed by atoms with Crippen molar-refractivity contribution in [2.75, 3.05) is 36.4 Å². The van der Waals surface area contributed by atoms with Gasteiger partial charge in [-0.15, -0.1) is 0 Å². The molecule has 0 atom stereocenters. The van der Waals surface area contributed by atoms with Gasteiger partial charge in [-0.05, 0) is 142 Å². The molecule has 2 aromatic heterocycles. The number of benzene rings is 2. The van der Waals surface area contributed by atoms with E-state index in [0.717, 1.165) is 79.7 Å². The number of aryl methyl sites for hydroxylation is 1. The van der Waals surface area contributed by atoms with Crippen LogP contribution in [0.2, 0.25) is 0 Å². The first-order valence-corrected chi connectivity index (χ1v) is 20.9. The van der Waals surface area contributed by atoms with E-state index in [4.69, 9.17) is 9.97 Å². The number of fused-ring (bicyclic) bond motifs is 3. The number of amides is 2. The number of pyridine rings is 1. The number of likely N-dealkylation sites (tertiary alicyclic amines) is 2. The van der Waals surface area contributed by atoms with Gasteiger partial charge in [0.05, 0.1) is 28.6 Å². The maximum Gasteiger partial charge on any atom is 0.251 e. The van der Waals surface area contributed by atoms with Crippen LogP contribution in [0.4, 0.5) is 21.6 Å². The van der Waals surface area contributed by atoms with Crippen molar-refractivity contribution in [2.45, 2.75) is 135 Å². The fraction of sp³-hybridized carbons (Fsp3) is 0.556. The maximum atomic E-state index is 15.7. The minimum absolute atomic E-state index is 0.0491. The minimum atomic E-state index is -0.533. The van der Waals surface area contributed by atoms with Crippen LogP contribution in [-0.4, -0.2) is 86.0 Å². The molecule has 2 aromatic carbocycles. The van der Waals surface area contributed by atoms with Crippen LogP contribution in [0.1, 0.15) is 121 Å². The van der Waals surface area contributed by atoms with E-state index in [1.807, 2.05) is 24.5 Å². The summed E-state index contributed by atoms with van der Waals surface area (Å²) in [7, 11) is 0. The molecule has 1 saturated carbocycles. The number of anilines is 3. The van der Waals surface area contributed by atoms with E-state index in [1.165, 1.54) is 25.3 Å². The van der Waals surface area contributed by atoms with Crippen LogP contribution >= 0.6 is 0 Å². The molecule has 298 valence electrons. The summed E-state index contributed by atoms with van der Waals surface area (Å²) >= 11 is 0. The van der Waals surface area contributed by atoms with E-state index in [1.54, 1.807) is 19.3 Å². The Morgan fingerprint density at radius 2 is 1.66 bits per heavy atom. The first-order valence-electron chi connectivity index (χ1n) is 20.9. The maximum absolute atomic E-state index is 15.7. The summed E-state index contributed by atoms with van der Waals surface area (Å²) in [6.45, 7) is 20.6. The van der Waals surface area contributed by atoms with Gasteiger partial charge in [0.1, 0.15) is 11.3 Å². The van der Waals surface area contributed by atoms with Gasteiger partial charge in [0.25, 0.3) is 5.91 Å². The molecule has 1 aliphatic carbocycles. The van der Waals surface area contributed by atoms with Gasteiger partial charge in [0.15, 0.2) is 5.82 Å². The normalized spacial score (nSPS) is 21.6. The highest BCUT2D eigenvalue weighted by atomic mass is 19.1. The molecule has 56 heavy (non-hydrogen) atoms. The quantitative estimate of drug-likeness (QED) is 0.186. The summed E-state index contributed by atoms with van der Waals surface area (Å²) < 4.78 is 17.7. The van der Waals surface area contributed by atoms with Gasteiger partial charge in [0, 0.05) is 59.6 Å². The van der Waals surface area contributed by atoms with Gasteiger partial charge in [-0.3, -0.25) is 14.5 Å². The smallest absolute Gasteiger partial charge is 0.251 e. The Balaban J connectivity index is 1.19. The fourth-order valence-electron chi connectivity index (χ4n) is 9.67. The highest BCUT2D eigenvalue weighted by Gasteiger charge is 2.56. The molecule has 2 saturated heterocycles. The van der Waals surface area contributed by atoms with Crippen molar-refractivity contribution in [3.8, 4) is 11.3 Å². The van der Waals surface area contributed by atoms with Crippen molar-refractivity contribution in [3.63, 3.8) is 0 Å². The van der Waals surface area contributed by atoms with Crippen molar-refractivity contribution in [1.82, 2.24) is 29.7 Å². The summed E-state index contributed by atoms with van der Waals surface area (Å²) in [4.78, 5) is 45.3. The number of imidazole rings is 1. The number of halogens is 1. The van der Waals surface area contributed by atoms with Gasteiger partial charge in [-0.1, -0.05) is 18.6 Å². The zero-order chi connectivity index (χ0) is 39.7. The average Bonchev–Trinajstić information content (AvgIpc) is 3.66. The van der Waals surface area contributed by atoms with Gasteiger partial charge >= 0.3 is 0 Å². The number of aromatic nitrogens is 3. The van der Waals surface area contributed by atoms with E-state index < -0.39 is 11.2 Å². The van der Waals surface area contributed by atoms with Gasteiger partial charge in [-0.25, -0.2) is 14.4 Å². The number of hydrogen-bond donors (Lipinski definition) is 2. The zero-order valence-corrected chi connectivity index (χ0v) is 34.5. The molecule has 3 aliphatic heterocycles. The Bertz CT molecular complexity index is 2150. The molecule has 4 aromatic rings. The molecule has 3 fully saturated rings. The molecule has 11 heteroatoms. The first kappa shape index (κ1) is 38.5. The number of nitrogens with zero attached hydrogens (tertiary/aromatic N) is 6. The number of carbonyl (C=O) groups excluding carboxylic acids is 2. The Labute approximate surface area is 331 Å². The summed E-state index contributed by atoms with van der Waals surface area (Å²) in [5.74, 6) is -0.0248. The van der Waals surface area contributed by atoms with E-state index in [9.17, 15) is 9.59 Å². The van der Waals surface area contributed by atoms with Crippen LogP contribution < -0.4 is 15.5 Å². The fourth-order valence-corrected chi connectivity index (χ4v) is 9.67. The Hall–Kier alpha value is -4.35. The van der Waals surface area contributed by atoms with Crippen molar-refractivity contribution >= 4 is 40.0 Å². The monoisotopic (exact) mass is 762 g/mol. The molecular formula is C45H59FN8O2. The van der Waals surface area contributed by atoms with Crippen molar-refractivity contribution < 1.29 is 14.0 Å². The molecule has 5 heterocycles. The highest BCUT2D eigenvalue weighted by Crippen LogP contribution is 2.52.